The second kappa shape index (κ2) is 6.26. The Hall–Kier alpha value is -1.98. The smallest absolute Gasteiger partial charge is 0.0994 e. The number of benzene rings is 2. The third-order valence-electron chi connectivity index (χ3n) is 3.00. The van der Waals surface area contributed by atoms with Gasteiger partial charge in [0.2, 0.25) is 0 Å². The second-order valence-corrected chi connectivity index (χ2v) is 4.88. The van der Waals surface area contributed by atoms with Crippen LogP contribution in [0.25, 0.3) is 0 Å². The highest BCUT2D eigenvalue weighted by atomic mass is 35.5. The molecule has 0 bridgehead atoms. The zero-order valence-electron chi connectivity index (χ0n) is 10.8. The Bertz CT molecular complexity index is 597. The summed E-state index contributed by atoms with van der Waals surface area (Å²) < 4.78 is 0. The molecule has 3 heteroatoms. The minimum Gasteiger partial charge on any atom is -0.385 e. The van der Waals surface area contributed by atoms with E-state index >= 15 is 0 Å². The van der Waals surface area contributed by atoms with Gasteiger partial charge in [0.05, 0.1) is 11.6 Å². The van der Waals surface area contributed by atoms with Crippen molar-refractivity contribution in [2.45, 2.75) is 13.3 Å². The van der Waals surface area contributed by atoms with Crippen molar-refractivity contribution in [3.8, 4) is 6.07 Å². The maximum absolute atomic E-state index is 8.88. The van der Waals surface area contributed by atoms with Gasteiger partial charge in [0, 0.05) is 17.3 Å². The molecule has 0 heterocycles. The Morgan fingerprint density at radius 3 is 2.53 bits per heavy atom. The van der Waals surface area contributed by atoms with E-state index in [1.807, 2.05) is 49.4 Å². The fourth-order valence-corrected chi connectivity index (χ4v) is 2.03. The molecule has 96 valence electrons. The lowest BCUT2D eigenvalue weighted by atomic mass is 10.1. The van der Waals surface area contributed by atoms with Crippen LogP contribution in [0.3, 0.4) is 0 Å². The van der Waals surface area contributed by atoms with Gasteiger partial charge in [-0.2, -0.15) is 5.26 Å². The van der Waals surface area contributed by atoms with E-state index in [9.17, 15) is 0 Å². The first kappa shape index (κ1) is 13.5. The average Bonchev–Trinajstić information content (AvgIpc) is 2.41. The molecule has 0 aliphatic heterocycles. The van der Waals surface area contributed by atoms with Crippen LogP contribution < -0.4 is 5.32 Å². The number of nitrogens with one attached hydrogen (secondary N) is 1. The minimum atomic E-state index is 0.725. The lowest BCUT2D eigenvalue weighted by molar-refractivity contribution is 1.02. The molecule has 2 rings (SSSR count). The van der Waals surface area contributed by atoms with Crippen molar-refractivity contribution >= 4 is 17.3 Å². The molecular formula is C16H15ClN2. The SMILES string of the molecule is Cc1cc(NCCc2ccc(Cl)cc2)ccc1C#N. The number of anilines is 1. The number of halogens is 1. The Kier molecular flexibility index (Phi) is 4.43. The van der Waals surface area contributed by atoms with Crippen molar-refractivity contribution in [1.82, 2.24) is 0 Å². The van der Waals surface area contributed by atoms with E-state index in [-0.39, 0.29) is 0 Å². The summed E-state index contributed by atoms with van der Waals surface area (Å²) in [6.07, 6.45) is 0.941. The van der Waals surface area contributed by atoms with E-state index in [2.05, 4.69) is 11.4 Å². The van der Waals surface area contributed by atoms with Crippen LogP contribution in [0.4, 0.5) is 5.69 Å². The summed E-state index contributed by atoms with van der Waals surface area (Å²) in [5.41, 5.74) is 4.02. The zero-order valence-corrected chi connectivity index (χ0v) is 11.5. The molecule has 1 N–H and O–H groups in total. The molecule has 0 aliphatic carbocycles. The van der Waals surface area contributed by atoms with Gasteiger partial charge in [-0.1, -0.05) is 23.7 Å². The van der Waals surface area contributed by atoms with E-state index in [4.69, 9.17) is 16.9 Å². The summed E-state index contributed by atoms with van der Waals surface area (Å²) in [5.74, 6) is 0. The van der Waals surface area contributed by atoms with Crippen LogP contribution >= 0.6 is 11.6 Å². The predicted octanol–water partition coefficient (Wildman–Crippen LogP) is 4.17. The van der Waals surface area contributed by atoms with Crippen LogP contribution in [0, 0.1) is 18.3 Å². The summed E-state index contributed by atoms with van der Waals surface area (Å²) in [4.78, 5) is 0. The summed E-state index contributed by atoms with van der Waals surface area (Å²) in [5, 5.41) is 13.0. The van der Waals surface area contributed by atoms with E-state index in [0.29, 0.717) is 0 Å². The molecule has 0 aliphatic rings. The number of nitrogens with zero attached hydrogens (tertiary/aromatic N) is 1. The van der Waals surface area contributed by atoms with Crippen LogP contribution in [-0.2, 0) is 6.42 Å². The Labute approximate surface area is 118 Å². The van der Waals surface area contributed by atoms with Gasteiger partial charge in [0.1, 0.15) is 0 Å². The average molecular weight is 271 g/mol. The molecule has 0 atom stereocenters. The Balaban J connectivity index is 1.91. The van der Waals surface area contributed by atoms with E-state index in [1.165, 1.54) is 5.56 Å². The largest absolute Gasteiger partial charge is 0.385 e. The molecular weight excluding hydrogens is 256 g/mol. The first-order valence-corrected chi connectivity index (χ1v) is 6.56. The van der Waals surface area contributed by atoms with E-state index in [1.54, 1.807) is 0 Å². The van der Waals surface area contributed by atoms with Crippen molar-refractivity contribution < 1.29 is 0 Å². The Morgan fingerprint density at radius 2 is 1.89 bits per heavy atom. The van der Waals surface area contributed by atoms with Gasteiger partial charge in [0.15, 0.2) is 0 Å². The van der Waals surface area contributed by atoms with Gasteiger partial charge in [-0.25, -0.2) is 0 Å². The van der Waals surface area contributed by atoms with Crippen LogP contribution in [0.2, 0.25) is 5.02 Å². The monoisotopic (exact) mass is 270 g/mol. The fourth-order valence-electron chi connectivity index (χ4n) is 1.90. The van der Waals surface area contributed by atoms with Crippen LogP contribution in [-0.4, -0.2) is 6.54 Å². The third kappa shape index (κ3) is 3.74. The highest BCUT2D eigenvalue weighted by Crippen LogP contribution is 2.15. The Morgan fingerprint density at radius 1 is 1.16 bits per heavy atom. The molecule has 0 unspecified atom stereocenters. The molecule has 0 saturated carbocycles. The van der Waals surface area contributed by atoms with Crippen LogP contribution in [0.15, 0.2) is 42.5 Å². The molecule has 0 saturated heterocycles. The maximum Gasteiger partial charge on any atom is 0.0994 e. The highest BCUT2D eigenvalue weighted by molar-refractivity contribution is 6.30. The molecule has 0 spiro atoms. The van der Waals surface area contributed by atoms with Gasteiger partial charge in [-0.15, -0.1) is 0 Å². The molecule has 2 aromatic carbocycles. The van der Waals surface area contributed by atoms with E-state index < -0.39 is 0 Å². The molecule has 0 radical (unpaired) electrons. The number of hydrogen-bond acceptors (Lipinski definition) is 2. The molecule has 0 fully saturated rings. The zero-order chi connectivity index (χ0) is 13.7. The molecule has 0 amide bonds. The first-order valence-electron chi connectivity index (χ1n) is 6.18. The van der Waals surface area contributed by atoms with Crippen LogP contribution in [0.1, 0.15) is 16.7 Å². The highest BCUT2D eigenvalue weighted by Gasteiger charge is 1.99. The van der Waals surface area contributed by atoms with Gasteiger partial charge >= 0.3 is 0 Å². The number of nitriles is 1. The molecule has 19 heavy (non-hydrogen) atoms. The van der Waals surface area contributed by atoms with Crippen LogP contribution in [0.5, 0.6) is 0 Å². The normalized spacial score (nSPS) is 9.95. The lowest BCUT2D eigenvalue weighted by Crippen LogP contribution is -2.05. The summed E-state index contributed by atoms with van der Waals surface area (Å²) in [7, 11) is 0. The van der Waals surface area contributed by atoms with Crippen molar-refractivity contribution in [3.05, 3.63) is 64.2 Å². The van der Waals surface area contributed by atoms with Gasteiger partial charge in [-0.3, -0.25) is 0 Å². The second-order valence-electron chi connectivity index (χ2n) is 4.44. The first-order chi connectivity index (χ1) is 9.19. The maximum atomic E-state index is 8.88. The predicted molar refractivity (Wildman–Crippen MR) is 79.5 cm³/mol. The third-order valence-corrected chi connectivity index (χ3v) is 3.25. The minimum absolute atomic E-state index is 0.725. The molecule has 0 aromatic heterocycles. The topological polar surface area (TPSA) is 35.8 Å². The van der Waals surface area contributed by atoms with Crippen molar-refractivity contribution in [2.75, 3.05) is 11.9 Å². The summed E-state index contributed by atoms with van der Waals surface area (Å²) in [6.45, 7) is 2.80. The van der Waals surface area contributed by atoms with Crippen molar-refractivity contribution in [1.29, 1.82) is 5.26 Å². The molecule has 2 aromatic rings. The van der Waals surface area contributed by atoms with Gasteiger partial charge in [0.25, 0.3) is 0 Å². The standard InChI is InChI=1S/C16H15ClN2/c1-12-10-16(7-4-14(12)11-18)19-9-8-13-2-5-15(17)6-3-13/h2-7,10,19H,8-9H2,1H3. The summed E-state index contributed by atoms with van der Waals surface area (Å²) >= 11 is 5.85. The fraction of sp³-hybridized carbons (Fsp3) is 0.188. The number of aryl methyl sites for hydroxylation is 1. The van der Waals surface area contributed by atoms with E-state index in [0.717, 1.165) is 34.8 Å². The summed E-state index contributed by atoms with van der Waals surface area (Å²) in [6, 6.07) is 15.8. The quantitative estimate of drug-likeness (QED) is 0.905. The van der Waals surface area contributed by atoms with Crippen molar-refractivity contribution in [3.63, 3.8) is 0 Å². The lowest BCUT2D eigenvalue weighted by Gasteiger charge is -2.08. The number of rotatable bonds is 4. The molecule has 2 nitrogen and oxygen atoms in total. The van der Waals surface area contributed by atoms with Gasteiger partial charge < -0.3 is 5.32 Å². The van der Waals surface area contributed by atoms with Crippen molar-refractivity contribution in [2.24, 2.45) is 0 Å². The van der Waals surface area contributed by atoms with Gasteiger partial charge in [-0.05, 0) is 54.8 Å². The number of hydrogen-bond donors (Lipinski definition) is 1.